The van der Waals surface area contributed by atoms with E-state index in [1.165, 1.54) is 14.2 Å². The van der Waals surface area contributed by atoms with E-state index < -0.39 is 17.5 Å². The van der Waals surface area contributed by atoms with Gasteiger partial charge in [0.25, 0.3) is 0 Å². The minimum Gasteiger partial charge on any atom is -0.466 e. The highest BCUT2D eigenvalue weighted by Gasteiger charge is 2.45. The molecule has 126 valence electrons. The molecule has 24 heavy (non-hydrogen) atoms. The van der Waals surface area contributed by atoms with Gasteiger partial charge in [0.15, 0.2) is 0 Å². The SMILES string of the molecule is C=CCCC1(C)N=C(c2ccccc2)C(C(=O)OC)=C1C(=O)OC. The molecule has 0 radical (unpaired) electrons. The number of esters is 2. The summed E-state index contributed by atoms with van der Waals surface area (Å²) in [6.45, 7) is 5.54. The predicted octanol–water partition coefficient (Wildman–Crippen LogP) is 2.86. The van der Waals surface area contributed by atoms with Crippen LogP contribution in [-0.2, 0) is 19.1 Å². The van der Waals surface area contributed by atoms with Crippen molar-refractivity contribution in [3.05, 3.63) is 59.7 Å². The molecule has 0 spiro atoms. The molecule has 1 aliphatic rings. The maximum Gasteiger partial charge on any atom is 0.340 e. The molecule has 1 aromatic carbocycles. The molecule has 1 aromatic rings. The van der Waals surface area contributed by atoms with Crippen LogP contribution in [0.25, 0.3) is 0 Å². The van der Waals surface area contributed by atoms with Crippen molar-refractivity contribution in [2.24, 2.45) is 4.99 Å². The lowest BCUT2D eigenvalue weighted by atomic mass is 9.86. The second kappa shape index (κ2) is 7.25. The van der Waals surface area contributed by atoms with E-state index in [2.05, 4.69) is 6.58 Å². The Morgan fingerprint density at radius 2 is 1.79 bits per heavy atom. The fourth-order valence-electron chi connectivity index (χ4n) is 2.84. The van der Waals surface area contributed by atoms with Gasteiger partial charge in [-0.05, 0) is 19.8 Å². The quantitative estimate of drug-likeness (QED) is 0.595. The zero-order chi connectivity index (χ0) is 17.7. The van der Waals surface area contributed by atoms with Crippen LogP contribution in [0, 0.1) is 0 Å². The summed E-state index contributed by atoms with van der Waals surface area (Å²) in [5.41, 5.74) is 0.742. The molecule has 1 unspecified atom stereocenters. The van der Waals surface area contributed by atoms with Gasteiger partial charge in [-0.15, -0.1) is 6.58 Å². The maximum absolute atomic E-state index is 12.4. The molecule has 5 nitrogen and oxygen atoms in total. The van der Waals surface area contributed by atoms with Crippen LogP contribution >= 0.6 is 0 Å². The average Bonchev–Trinajstić information content (AvgIpc) is 2.93. The number of carbonyl (C=O) groups is 2. The van der Waals surface area contributed by atoms with Gasteiger partial charge in [-0.2, -0.15) is 0 Å². The van der Waals surface area contributed by atoms with E-state index in [0.29, 0.717) is 18.6 Å². The average molecular weight is 327 g/mol. The number of aliphatic imine (C=N–C) groups is 1. The van der Waals surface area contributed by atoms with Gasteiger partial charge in [0.2, 0.25) is 0 Å². The van der Waals surface area contributed by atoms with Crippen LogP contribution in [0.3, 0.4) is 0 Å². The van der Waals surface area contributed by atoms with E-state index in [1.54, 1.807) is 6.08 Å². The van der Waals surface area contributed by atoms with Gasteiger partial charge in [0.1, 0.15) is 0 Å². The Morgan fingerprint density at radius 3 is 2.33 bits per heavy atom. The normalized spacial score (nSPS) is 19.7. The third-order valence-electron chi connectivity index (χ3n) is 4.05. The minimum atomic E-state index is -0.865. The zero-order valence-electron chi connectivity index (χ0n) is 14.2. The standard InChI is InChI=1S/C19H21NO4/c1-5-6-12-19(2)15(18(22)24-4)14(17(21)23-3)16(20-19)13-10-8-7-9-11-13/h5,7-11H,1,6,12H2,2-4H3. The number of carbonyl (C=O) groups excluding carboxylic acids is 2. The second-order valence-corrected chi connectivity index (χ2v) is 5.66. The van der Waals surface area contributed by atoms with E-state index in [-0.39, 0.29) is 11.1 Å². The Balaban J connectivity index is 2.69. The molecule has 0 saturated heterocycles. The van der Waals surface area contributed by atoms with Gasteiger partial charge in [-0.25, -0.2) is 9.59 Å². The van der Waals surface area contributed by atoms with Crippen molar-refractivity contribution < 1.29 is 19.1 Å². The number of benzene rings is 1. The van der Waals surface area contributed by atoms with E-state index >= 15 is 0 Å². The lowest BCUT2D eigenvalue weighted by Gasteiger charge is -2.23. The number of hydrogen-bond donors (Lipinski definition) is 0. The molecule has 0 fully saturated rings. The highest BCUT2D eigenvalue weighted by Crippen LogP contribution is 2.38. The summed E-state index contributed by atoms with van der Waals surface area (Å²) < 4.78 is 9.82. The van der Waals surface area contributed by atoms with Crippen LogP contribution in [0.4, 0.5) is 0 Å². The van der Waals surface area contributed by atoms with Crippen LogP contribution in [0.5, 0.6) is 0 Å². The van der Waals surface area contributed by atoms with Crippen molar-refractivity contribution in [2.45, 2.75) is 25.3 Å². The Morgan fingerprint density at radius 1 is 1.17 bits per heavy atom. The Kier molecular flexibility index (Phi) is 5.34. The summed E-state index contributed by atoms with van der Waals surface area (Å²) in [7, 11) is 2.57. The maximum atomic E-state index is 12.4. The first-order valence-corrected chi connectivity index (χ1v) is 7.66. The fraction of sp³-hybridized carbons (Fsp3) is 0.316. The van der Waals surface area contributed by atoms with E-state index in [9.17, 15) is 9.59 Å². The minimum absolute atomic E-state index is 0.169. The number of hydrogen-bond acceptors (Lipinski definition) is 5. The second-order valence-electron chi connectivity index (χ2n) is 5.66. The van der Waals surface area contributed by atoms with Gasteiger partial charge >= 0.3 is 11.9 Å². The summed E-state index contributed by atoms with van der Waals surface area (Å²) >= 11 is 0. The van der Waals surface area contributed by atoms with Crippen LogP contribution < -0.4 is 0 Å². The van der Waals surface area contributed by atoms with Crippen molar-refractivity contribution in [3.63, 3.8) is 0 Å². The summed E-state index contributed by atoms with van der Waals surface area (Å²) in [6.07, 6.45) is 2.95. The van der Waals surface area contributed by atoms with Crippen molar-refractivity contribution in [1.82, 2.24) is 0 Å². The molecule has 0 saturated carbocycles. The van der Waals surface area contributed by atoms with Gasteiger partial charge in [-0.1, -0.05) is 36.4 Å². The van der Waals surface area contributed by atoms with Crippen molar-refractivity contribution in [2.75, 3.05) is 14.2 Å². The first-order chi connectivity index (χ1) is 11.5. The third kappa shape index (κ3) is 3.15. The summed E-state index contributed by atoms with van der Waals surface area (Å²) in [6, 6.07) is 9.26. The number of ether oxygens (including phenoxy) is 2. The largest absolute Gasteiger partial charge is 0.466 e. The fourth-order valence-corrected chi connectivity index (χ4v) is 2.84. The number of methoxy groups -OCH3 is 2. The molecular formula is C19H21NO4. The molecular weight excluding hydrogens is 306 g/mol. The third-order valence-corrected chi connectivity index (χ3v) is 4.05. The number of rotatable bonds is 6. The van der Waals surface area contributed by atoms with Gasteiger partial charge < -0.3 is 9.47 Å². The van der Waals surface area contributed by atoms with Crippen molar-refractivity contribution in [3.8, 4) is 0 Å². The summed E-state index contributed by atoms with van der Waals surface area (Å²) in [5, 5.41) is 0. The van der Waals surface area contributed by atoms with Crippen LogP contribution in [0.1, 0.15) is 25.3 Å². The van der Waals surface area contributed by atoms with Crippen LogP contribution in [-0.4, -0.2) is 37.4 Å². The summed E-state index contributed by atoms with van der Waals surface area (Å²) in [5.74, 6) is -1.17. The molecule has 1 aliphatic heterocycles. The molecule has 1 atom stereocenters. The Bertz CT molecular complexity index is 718. The highest BCUT2D eigenvalue weighted by atomic mass is 16.5. The van der Waals surface area contributed by atoms with Gasteiger partial charge in [-0.3, -0.25) is 4.99 Å². The van der Waals surface area contributed by atoms with E-state index in [1.807, 2.05) is 37.3 Å². The molecule has 0 aliphatic carbocycles. The number of allylic oxidation sites excluding steroid dienone is 1. The van der Waals surface area contributed by atoms with E-state index in [0.717, 1.165) is 5.56 Å². The lowest BCUT2D eigenvalue weighted by molar-refractivity contribution is -0.139. The smallest absolute Gasteiger partial charge is 0.340 e. The van der Waals surface area contributed by atoms with E-state index in [4.69, 9.17) is 14.5 Å². The monoisotopic (exact) mass is 327 g/mol. The highest BCUT2D eigenvalue weighted by molar-refractivity contribution is 6.31. The summed E-state index contributed by atoms with van der Waals surface area (Å²) in [4.78, 5) is 29.5. The molecule has 0 bridgehead atoms. The molecule has 0 N–H and O–H groups in total. The lowest BCUT2D eigenvalue weighted by Crippen LogP contribution is -2.29. The van der Waals surface area contributed by atoms with Gasteiger partial charge in [0, 0.05) is 5.56 Å². The van der Waals surface area contributed by atoms with Crippen LogP contribution in [0.15, 0.2) is 59.1 Å². The van der Waals surface area contributed by atoms with Crippen molar-refractivity contribution in [1.29, 1.82) is 0 Å². The Labute approximate surface area is 141 Å². The first-order valence-electron chi connectivity index (χ1n) is 7.66. The molecule has 1 heterocycles. The number of nitrogens with zero attached hydrogens (tertiary/aromatic N) is 1. The zero-order valence-corrected chi connectivity index (χ0v) is 14.2. The molecule has 2 rings (SSSR count). The predicted molar refractivity (Wildman–Crippen MR) is 91.9 cm³/mol. The molecule has 0 aromatic heterocycles. The molecule has 0 amide bonds. The van der Waals surface area contributed by atoms with Crippen LogP contribution in [0.2, 0.25) is 0 Å². The Hall–Kier alpha value is -2.69. The van der Waals surface area contributed by atoms with Crippen molar-refractivity contribution >= 4 is 17.7 Å². The molecule has 5 heteroatoms. The topological polar surface area (TPSA) is 65.0 Å². The first kappa shape index (κ1) is 17.7. The van der Waals surface area contributed by atoms with Gasteiger partial charge in [0.05, 0.1) is 36.6 Å².